The Bertz CT molecular complexity index is 992. The van der Waals surface area contributed by atoms with Gasteiger partial charge in [0, 0.05) is 24.5 Å². The van der Waals surface area contributed by atoms with Gasteiger partial charge in [-0.25, -0.2) is 4.98 Å². The normalized spacial score (nSPS) is 10.9. The Morgan fingerprint density at radius 1 is 1.30 bits per heavy atom. The van der Waals surface area contributed by atoms with E-state index in [-0.39, 0.29) is 18.0 Å². The molecule has 1 amide bonds. The summed E-state index contributed by atoms with van der Waals surface area (Å²) in [5.41, 5.74) is 1.56. The van der Waals surface area contributed by atoms with E-state index in [1.54, 1.807) is 19.1 Å². The van der Waals surface area contributed by atoms with Crippen LogP contribution in [-0.4, -0.2) is 41.1 Å². The van der Waals surface area contributed by atoms with Gasteiger partial charge in [-0.15, -0.1) is 11.3 Å². The predicted octanol–water partition coefficient (Wildman–Crippen LogP) is 3.39. The fourth-order valence-electron chi connectivity index (χ4n) is 2.85. The summed E-state index contributed by atoms with van der Waals surface area (Å²) in [6.45, 7) is 2.77. The molecular weight excluding hydrogens is 362 g/mol. The summed E-state index contributed by atoms with van der Waals surface area (Å²) in [6.07, 6.45) is 3.43. The molecule has 6 nitrogen and oxygen atoms in total. The number of rotatable bonds is 7. The minimum absolute atomic E-state index is 0.000112. The van der Waals surface area contributed by atoms with Crippen molar-refractivity contribution in [3.63, 3.8) is 0 Å². The van der Waals surface area contributed by atoms with Crippen LogP contribution in [0.1, 0.15) is 19.8 Å². The third kappa shape index (κ3) is 4.03. The molecule has 0 aliphatic carbocycles. The smallest absolute Gasteiger partial charge is 0.263 e. The molecule has 0 bridgehead atoms. The van der Waals surface area contributed by atoms with Crippen molar-refractivity contribution < 1.29 is 9.53 Å². The van der Waals surface area contributed by atoms with Crippen LogP contribution in [0.5, 0.6) is 5.75 Å². The van der Waals surface area contributed by atoms with Crippen LogP contribution in [-0.2, 0) is 11.3 Å². The number of hydrogen-bond donors (Lipinski definition) is 0. The molecule has 0 aliphatic rings. The summed E-state index contributed by atoms with van der Waals surface area (Å²) < 4.78 is 6.59. The molecule has 3 aromatic rings. The number of fused-ring (bicyclic) bond motifs is 1. The first-order valence-electron chi connectivity index (χ1n) is 8.90. The van der Waals surface area contributed by atoms with Gasteiger partial charge in [0.05, 0.1) is 18.8 Å². The van der Waals surface area contributed by atoms with E-state index in [9.17, 15) is 9.59 Å². The van der Waals surface area contributed by atoms with Gasteiger partial charge in [0.25, 0.3) is 5.56 Å². The Kier molecular flexibility index (Phi) is 5.91. The first-order valence-corrected chi connectivity index (χ1v) is 9.78. The Morgan fingerprint density at radius 2 is 2.04 bits per heavy atom. The molecule has 0 saturated heterocycles. The van der Waals surface area contributed by atoms with Crippen molar-refractivity contribution in [1.29, 1.82) is 0 Å². The number of unbranched alkanes of at least 4 members (excludes halogenated alkanes) is 1. The Morgan fingerprint density at radius 3 is 2.70 bits per heavy atom. The molecule has 7 heteroatoms. The Balaban J connectivity index is 1.94. The van der Waals surface area contributed by atoms with Gasteiger partial charge >= 0.3 is 0 Å². The number of benzene rings is 1. The van der Waals surface area contributed by atoms with Gasteiger partial charge in [-0.1, -0.05) is 25.5 Å². The van der Waals surface area contributed by atoms with Crippen molar-refractivity contribution in [3.05, 3.63) is 46.3 Å². The van der Waals surface area contributed by atoms with Crippen LogP contribution in [0.15, 0.2) is 40.8 Å². The number of likely N-dealkylation sites (N-methyl/N-ethyl adjacent to an activating group) is 1. The van der Waals surface area contributed by atoms with Crippen LogP contribution in [0.3, 0.4) is 0 Å². The second-order valence-corrected chi connectivity index (χ2v) is 7.26. The monoisotopic (exact) mass is 385 g/mol. The molecule has 1 aromatic carbocycles. The summed E-state index contributed by atoms with van der Waals surface area (Å²) in [6, 6.07) is 7.56. The summed E-state index contributed by atoms with van der Waals surface area (Å²) in [5, 5.41) is 2.48. The lowest BCUT2D eigenvalue weighted by Crippen LogP contribution is -2.34. The Labute approximate surface area is 162 Å². The first kappa shape index (κ1) is 19.1. The zero-order chi connectivity index (χ0) is 19.4. The van der Waals surface area contributed by atoms with E-state index in [1.165, 1.54) is 22.2 Å². The summed E-state index contributed by atoms with van der Waals surface area (Å²) in [4.78, 5) is 32.1. The van der Waals surface area contributed by atoms with Gasteiger partial charge in [-0.3, -0.25) is 14.2 Å². The van der Waals surface area contributed by atoms with Gasteiger partial charge in [0.1, 0.15) is 17.1 Å². The number of carbonyl (C=O) groups is 1. The summed E-state index contributed by atoms with van der Waals surface area (Å²) >= 11 is 1.43. The maximum absolute atomic E-state index is 13.0. The number of amides is 1. The maximum atomic E-state index is 13.0. The van der Waals surface area contributed by atoms with E-state index in [1.807, 2.05) is 29.6 Å². The van der Waals surface area contributed by atoms with Gasteiger partial charge in [0.15, 0.2) is 0 Å². The molecular formula is C20H23N3O3S. The number of hydrogen-bond acceptors (Lipinski definition) is 5. The number of nitrogens with zero attached hydrogens (tertiary/aromatic N) is 3. The molecule has 0 aliphatic heterocycles. The number of carbonyl (C=O) groups excluding carboxylic acids is 1. The molecule has 2 heterocycles. The molecule has 0 N–H and O–H groups in total. The number of methoxy groups -OCH3 is 1. The topological polar surface area (TPSA) is 64.4 Å². The van der Waals surface area contributed by atoms with Gasteiger partial charge < -0.3 is 9.64 Å². The quantitative estimate of drug-likeness (QED) is 0.625. The average Bonchev–Trinajstić information content (AvgIpc) is 3.13. The van der Waals surface area contributed by atoms with Crippen LogP contribution >= 0.6 is 11.3 Å². The minimum Gasteiger partial charge on any atom is -0.497 e. The van der Waals surface area contributed by atoms with E-state index in [2.05, 4.69) is 11.9 Å². The molecule has 0 unspecified atom stereocenters. The van der Waals surface area contributed by atoms with E-state index < -0.39 is 0 Å². The lowest BCUT2D eigenvalue weighted by atomic mass is 10.1. The average molecular weight is 385 g/mol. The highest BCUT2D eigenvalue weighted by Crippen LogP contribution is 2.31. The highest BCUT2D eigenvalue weighted by molar-refractivity contribution is 7.17. The third-order valence-corrected chi connectivity index (χ3v) is 5.43. The van der Waals surface area contributed by atoms with E-state index in [4.69, 9.17) is 4.74 Å². The van der Waals surface area contributed by atoms with Crippen LogP contribution < -0.4 is 10.3 Å². The molecule has 27 heavy (non-hydrogen) atoms. The molecule has 3 rings (SSSR count). The zero-order valence-corrected chi connectivity index (χ0v) is 16.6. The third-order valence-electron chi connectivity index (χ3n) is 4.54. The van der Waals surface area contributed by atoms with E-state index in [0.717, 1.165) is 29.7 Å². The summed E-state index contributed by atoms with van der Waals surface area (Å²) in [7, 11) is 3.38. The van der Waals surface area contributed by atoms with Crippen molar-refractivity contribution in [1.82, 2.24) is 14.5 Å². The van der Waals surface area contributed by atoms with Crippen LogP contribution in [0, 0.1) is 0 Å². The SMILES string of the molecule is CCCCN(C)C(=O)Cn1cnc2scc(-c3ccc(OC)cc3)c2c1=O. The van der Waals surface area contributed by atoms with Crippen molar-refractivity contribution in [2.45, 2.75) is 26.3 Å². The van der Waals surface area contributed by atoms with Crippen LogP contribution in [0.4, 0.5) is 0 Å². The van der Waals surface area contributed by atoms with Crippen molar-refractivity contribution in [2.24, 2.45) is 0 Å². The van der Waals surface area contributed by atoms with Gasteiger partial charge in [-0.2, -0.15) is 0 Å². The molecule has 0 saturated carbocycles. The van der Waals surface area contributed by atoms with Gasteiger partial charge in [0.2, 0.25) is 5.91 Å². The molecule has 0 spiro atoms. The highest BCUT2D eigenvalue weighted by atomic mass is 32.1. The minimum atomic E-state index is -0.190. The van der Waals surface area contributed by atoms with E-state index >= 15 is 0 Å². The number of ether oxygens (including phenoxy) is 1. The fraction of sp³-hybridized carbons (Fsp3) is 0.350. The second-order valence-electron chi connectivity index (χ2n) is 6.40. The standard InChI is InChI=1S/C20H23N3O3S/c1-4-5-10-22(2)17(24)11-23-13-21-19-18(20(23)25)16(12-27-19)14-6-8-15(26-3)9-7-14/h6-9,12-13H,4-5,10-11H2,1-3H3. The maximum Gasteiger partial charge on any atom is 0.263 e. The lowest BCUT2D eigenvalue weighted by Gasteiger charge is -2.17. The molecule has 0 atom stereocenters. The second kappa shape index (κ2) is 8.35. The predicted molar refractivity (Wildman–Crippen MR) is 108 cm³/mol. The van der Waals surface area contributed by atoms with Crippen molar-refractivity contribution >= 4 is 27.5 Å². The number of thiophene rings is 1. The van der Waals surface area contributed by atoms with Gasteiger partial charge in [-0.05, 0) is 24.1 Å². The van der Waals surface area contributed by atoms with Crippen LogP contribution in [0.2, 0.25) is 0 Å². The fourth-order valence-corrected chi connectivity index (χ4v) is 3.76. The molecule has 142 valence electrons. The summed E-state index contributed by atoms with van der Waals surface area (Å²) in [5.74, 6) is 0.669. The number of aromatic nitrogens is 2. The Hall–Kier alpha value is -2.67. The molecule has 0 fully saturated rings. The lowest BCUT2D eigenvalue weighted by molar-refractivity contribution is -0.130. The highest BCUT2D eigenvalue weighted by Gasteiger charge is 2.16. The first-order chi connectivity index (χ1) is 13.0. The molecule has 2 aromatic heterocycles. The largest absolute Gasteiger partial charge is 0.497 e. The van der Waals surface area contributed by atoms with Crippen molar-refractivity contribution in [2.75, 3.05) is 20.7 Å². The molecule has 0 radical (unpaired) electrons. The van der Waals surface area contributed by atoms with Crippen LogP contribution in [0.25, 0.3) is 21.3 Å². The van der Waals surface area contributed by atoms with E-state index in [0.29, 0.717) is 16.8 Å². The zero-order valence-electron chi connectivity index (χ0n) is 15.8. The van der Waals surface area contributed by atoms with Crippen molar-refractivity contribution in [3.8, 4) is 16.9 Å².